The second-order valence-electron chi connectivity index (χ2n) is 4.94. The fraction of sp³-hybridized carbons (Fsp3) is 0.235. The van der Waals surface area contributed by atoms with Crippen molar-refractivity contribution in [2.75, 3.05) is 0 Å². The Bertz CT molecular complexity index is 624. The van der Waals surface area contributed by atoms with Crippen LogP contribution in [0.3, 0.4) is 0 Å². The summed E-state index contributed by atoms with van der Waals surface area (Å²) in [5, 5.41) is 9.11. The molecule has 2 rings (SSSR count). The van der Waals surface area contributed by atoms with E-state index in [0.717, 1.165) is 11.1 Å². The van der Waals surface area contributed by atoms with Gasteiger partial charge in [-0.15, -0.1) is 0 Å². The molecule has 0 saturated carbocycles. The van der Waals surface area contributed by atoms with Gasteiger partial charge in [-0.2, -0.15) is 0 Å². The Balaban J connectivity index is 2.19. The summed E-state index contributed by atoms with van der Waals surface area (Å²) in [4.78, 5) is 11.1. The molecule has 0 aliphatic rings. The molecular formula is C17H18O3. The Kier molecular flexibility index (Phi) is 4.08. The smallest absolute Gasteiger partial charge is 0.336 e. The first-order valence-electron chi connectivity index (χ1n) is 6.51. The van der Waals surface area contributed by atoms with E-state index in [1.807, 2.05) is 32.0 Å². The van der Waals surface area contributed by atoms with E-state index in [-0.39, 0.29) is 5.56 Å². The van der Waals surface area contributed by atoms with Gasteiger partial charge in [0.25, 0.3) is 0 Å². The van der Waals surface area contributed by atoms with Crippen molar-refractivity contribution in [1.82, 2.24) is 0 Å². The normalized spacial score (nSPS) is 10.3. The van der Waals surface area contributed by atoms with Crippen LogP contribution in [0.4, 0.5) is 0 Å². The SMILES string of the molecule is Cc1ccc(OCc2c(C)cccc2C)cc1C(=O)O. The maximum absolute atomic E-state index is 11.1. The van der Waals surface area contributed by atoms with Crippen molar-refractivity contribution in [1.29, 1.82) is 0 Å². The summed E-state index contributed by atoms with van der Waals surface area (Å²) in [6, 6.07) is 11.2. The quantitative estimate of drug-likeness (QED) is 0.916. The van der Waals surface area contributed by atoms with Crippen molar-refractivity contribution >= 4 is 5.97 Å². The number of hydrogen-bond donors (Lipinski definition) is 1. The lowest BCUT2D eigenvalue weighted by Gasteiger charge is -2.12. The molecule has 0 bridgehead atoms. The van der Waals surface area contributed by atoms with Crippen LogP contribution in [0.5, 0.6) is 5.75 Å². The summed E-state index contributed by atoms with van der Waals surface area (Å²) < 4.78 is 5.74. The second kappa shape index (κ2) is 5.78. The van der Waals surface area contributed by atoms with E-state index < -0.39 is 5.97 Å². The third kappa shape index (κ3) is 2.99. The maximum atomic E-state index is 11.1. The molecular weight excluding hydrogens is 252 g/mol. The predicted molar refractivity (Wildman–Crippen MR) is 78.4 cm³/mol. The summed E-state index contributed by atoms with van der Waals surface area (Å²) >= 11 is 0. The lowest BCUT2D eigenvalue weighted by Crippen LogP contribution is -2.03. The van der Waals surface area contributed by atoms with E-state index >= 15 is 0 Å². The van der Waals surface area contributed by atoms with Gasteiger partial charge in [0.15, 0.2) is 0 Å². The number of aromatic carboxylic acids is 1. The zero-order valence-electron chi connectivity index (χ0n) is 11.9. The minimum atomic E-state index is -0.931. The van der Waals surface area contributed by atoms with Crippen molar-refractivity contribution in [2.24, 2.45) is 0 Å². The van der Waals surface area contributed by atoms with Gasteiger partial charge in [-0.1, -0.05) is 24.3 Å². The molecule has 104 valence electrons. The highest BCUT2D eigenvalue weighted by atomic mass is 16.5. The molecule has 0 aliphatic heterocycles. The number of aryl methyl sites for hydroxylation is 3. The highest BCUT2D eigenvalue weighted by molar-refractivity contribution is 5.89. The van der Waals surface area contributed by atoms with Crippen molar-refractivity contribution in [3.63, 3.8) is 0 Å². The Morgan fingerprint density at radius 2 is 1.70 bits per heavy atom. The molecule has 0 spiro atoms. The molecule has 2 aromatic carbocycles. The van der Waals surface area contributed by atoms with Crippen molar-refractivity contribution in [3.05, 3.63) is 64.2 Å². The molecule has 0 radical (unpaired) electrons. The summed E-state index contributed by atoms with van der Waals surface area (Å²) in [6.45, 7) is 6.31. The molecule has 0 fully saturated rings. The number of carbonyl (C=O) groups is 1. The van der Waals surface area contributed by atoms with Gasteiger partial charge < -0.3 is 9.84 Å². The van der Waals surface area contributed by atoms with Crippen LogP contribution in [0.2, 0.25) is 0 Å². The van der Waals surface area contributed by atoms with Gasteiger partial charge >= 0.3 is 5.97 Å². The van der Waals surface area contributed by atoms with Gasteiger partial charge in [0.05, 0.1) is 5.56 Å². The van der Waals surface area contributed by atoms with Crippen LogP contribution < -0.4 is 4.74 Å². The second-order valence-corrected chi connectivity index (χ2v) is 4.94. The Labute approximate surface area is 118 Å². The van der Waals surface area contributed by atoms with Crippen LogP contribution >= 0.6 is 0 Å². The van der Waals surface area contributed by atoms with Gasteiger partial charge in [0.2, 0.25) is 0 Å². The fourth-order valence-corrected chi connectivity index (χ4v) is 2.15. The number of carboxylic acid groups (broad SMARTS) is 1. The van der Waals surface area contributed by atoms with Crippen LogP contribution in [0.25, 0.3) is 0 Å². The molecule has 0 atom stereocenters. The van der Waals surface area contributed by atoms with Crippen molar-refractivity contribution in [2.45, 2.75) is 27.4 Å². The minimum Gasteiger partial charge on any atom is -0.489 e. The van der Waals surface area contributed by atoms with E-state index in [4.69, 9.17) is 9.84 Å². The first-order chi connectivity index (χ1) is 9.49. The third-order valence-electron chi connectivity index (χ3n) is 3.47. The van der Waals surface area contributed by atoms with E-state index in [2.05, 4.69) is 0 Å². The average Bonchev–Trinajstić information content (AvgIpc) is 2.39. The number of carboxylic acids is 1. The molecule has 0 aromatic heterocycles. The van der Waals surface area contributed by atoms with Gasteiger partial charge in [-0.05, 0) is 55.2 Å². The highest BCUT2D eigenvalue weighted by Gasteiger charge is 2.09. The zero-order valence-corrected chi connectivity index (χ0v) is 11.9. The Morgan fingerprint density at radius 3 is 2.30 bits per heavy atom. The minimum absolute atomic E-state index is 0.281. The monoisotopic (exact) mass is 270 g/mol. The van der Waals surface area contributed by atoms with Gasteiger partial charge in [0.1, 0.15) is 12.4 Å². The van der Waals surface area contributed by atoms with Crippen LogP contribution in [0.15, 0.2) is 36.4 Å². The summed E-state index contributed by atoms with van der Waals surface area (Å²) in [7, 11) is 0. The third-order valence-corrected chi connectivity index (χ3v) is 3.47. The number of rotatable bonds is 4. The molecule has 3 heteroatoms. The van der Waals surface area contributed by atoms with Crippen LogP contribution in [-0.4, -0.2) is 11.1 Å². The fourth-order valence-electron chi connectivity index (χ4n) is 2.15. The molecule has 0 aliphatic carbocycles. The Hall–Kier alpha value is -2.29. The zero-order chi connectivity index (χ0) is 14.7. The van der Waals surface area contributed by atoms with Crippen molar-refractivity contribution in [3.8, 4) is 5.75 Å². The number of ether oxygens (including phenoxy) is 1. The van der Waals surface area contributed by atoms with Crippen LogP contribution in [-0.2, 0) is 6.61 Å². The maximum Gasteiger partial charge on any atom is 0.336 e. The molecule has 0 unspecified atom stereocenters. The highest BCUT2D eigenvalue weighted by Crippen LogP contribution is 2.20. The topological polar surface area (TPSA) is 46.5 Å². The molecule has 20 heavy (non-hydrogen) atoms. The first kappa shape index (κ1) is 14.1. The first-order valence-corrected chi connectivity index (χ1v) is 6.51. The lowest BCUT2D eigenvalue weighted by molar-refractivity contribution is 0.0695. The van der Waals surface area contributed by atoms with E-state index in [0.29, 0.717) is 12.4 Å². The molecule has 2 aromatic rings. The molecule has 0 amide bonds. The van der Waals surface area contributed by atoms with E-state index in [9.17, 15) is 4.79 Å². The molecule has 3 nitrogen and oxygen atoms in total. The van der Waals surface area contributed by atoms with Gasteiger partial charge in [-0.25, -0.2) is 4.79 Å². The molecule has 0 saturated heterocycles. The van der Waals surface area contributed by atoms with Crippen LogP contribution in [0, 0.1) is 20.8 Å². The largest absolute Gasteiger partial charge is 0.489 e. The van der Waals surface area contributed by atoms with Gasteiger partial charge in [0, 0.05) is 0 Å². The van der Waals surface area contributed by atoms with Gasteiger partial charge in [-0.3, -0.25) is 0 Å². The summed E-state index contributed by atoms with van der Waals surface area (Å²) in [5.74, 6) is -0.351. The molecule has 1 N–H and O–H groups in total. The van der Waals surface area contributed by atoms with E-state index in [1.165, 1.54) is 11.1 Å². The lowest BCUT2D eigenvalue weighted by atomic mass is 10.0. The number of benzene rings is 2. The summed E-state index contributed by atoms with van der Waals surface area (Å²) in [5.41, 5.74) is 4.51. The predicted octanol–water partition coefficient (Wildman–Crippen LogP) is 3.89. The van der Waals surface area contributed by atoms with Crippen molar-refractivity contribution < 1.29 is 14.6 Å². The summed E-state index contributed by atoms with van der Waals surface area (Å²) in [6.07, 6.45) is 0. The standard InChI is InChI=1S/C17H18O3/c1-11-5-4-6-12(2)16(11)10-20-14-8-7-13(3)15(9-14)17(18)19/h4-9H,10H2,1-3H3,(H,18,19). The van der Waals surface area contributed by atoms with Crippen LogP contribution in [0.1, 0.15) is 32.6 Å². The average molecular weight is 270 g/mol. The van der Waals surface area contributed by atoms with E-state index in [1.54, 1.807) is 25.1 Å². The number of hydrogen-bond acceptors (Lipinski definition) is 2. The Morgan fingerprint density at radius 1 is 1.05 bits per heavy atom. The molecule has 0 heterocycles.